The van der Waals surface area contributed by atoms with Crippen LogP contribution in [0.15, 0.2) is 48.5 Å². The molecule has 0 saturated carbocycles. The summed E-state index contributed by atoms with van der Waals surface area (Å²) in [6.45, 7) is 6.86. The summed E-state index contributed by atoms with van der Waals surface area (Å²) in [6.07, 6.45) is -0.137. The number of piperazine rings is 1. The number of hydrogen-bond donors (Lipinski definition) is 3. The lowest BCUT2D eigenvalue weighted by atomic mass is 10.0. The van der Waals surface area contributed by atoms with Gasteiger partial charge in [0.2, 0.25) is 5.91 Å². The highest BCUT2D eigenvalue weighted by Gasteiger charge is 2.22. The van der Waals surface area contributed by atoms with Gasteiger partial charge in [0.15, 0.2) is 0 Å². The summed E-state index contributed by atoms with van der Waals surface area (Å²) >= 11 is 0. The molecule has 1 aliphatic heterocycles. The molecule has 0 bridgehead atoms. The molecule has 0 radical (unpaired) electrons. The number of primary amides is 1. The van der Waals surface area contributed by atoms with E-state index in [1.54, 1.807) is 12.1 Å². The lowest BCUT2D eigenvalue weighted by Crippen LogP contribution is -2.46. The molecule has 4 N–H and O–H groups in total. The second-order valence-electron chi connectivity index (χ2n) is 7.27. The van der Waals surface area contributed by atoms with Gasteiger partial charge in [0, 0.05) is 31.7 Å². The predicted molar refractivity (Wildman–Crippen MR) is 116 cm³/mol. The van der Waals surface area contributed by atoms with Gasteiger partial charge in [-0.2, -0.15) is 0 Å². The summed E-state index contributed by atoms with van der Waals surface area (Å²) in [5.41, 5.74) is 7.10. The summed E-state index contributed by atoms with van der Waals surface area (Å²) < 4.78 is 14.2. The van der Waals surface area contributed by atoms with Gasteiger partial charge in [-0.1, -0.05) is 37.3 Å². The molecular formula is C22H28FN5O2. The van der Waals surface area contributed by atoms with Crippen molar-refractivity contribution in [3.63, 3.8) is 0 Å². The Balaban J connectivity index is 1.72. The molecule has 160 valence electrons. The van der Waals surface area contributed by atoms with E-state index in [0.717, 1.165) is 38.4 Å². The Labute approximate surface area is 176 Å². The van der Waals surface area contributed by atoms with Gasteiger partial charge in [0.05, 0.1) is 23.8 Å². The van der Waals surface area contributed by atoms with Crippen LogP contribution in [0, 0.1) is 5.82 Å². The van der Waals surface area contributed by atoms with Crippen LogP contribution in [-0.4, -0.2) is 49.6 Å². The van der Waals surface area contributed by atoms with Gasteiger partial charge in [-0.25, -0.2) is 9.18 Å². The van der Waals surface area contributed by atoms with Crippen LogP contribution in [0.25, 0.3) is 0 Å². The molecule has 1 heterocycles. The number of para-hydroxylation sites is 2. The molecular weight excluding hydrogens is 385 g/mol. The molecule has 1 saturated heterocycles. The minimum Gasteiger partial charge on any atom is -0.367 e. The first-order valence-corrected chi connectivity index (χ1v) is 10.1. The van der Waals surface area contributed by atoms with Crippen LogP contribution in [-0.2, 0) is 4.79 Å². The van der Waals surface area contributed by atoms with Crippen molar-refractivity contribution >= 4 is 23.3 Å². The lowest BCUT2D eigenvalue weighted by molar-refractivity contribution is -0.116. The Morgan fingerprint density at radius 2 is 1.73 bits per heavy atom. The average Bonchev–Trinajstić information content (AvgIpc) is 2.74. The van der Waals surface area contributed by atoms with Crippen LogP contribution in [0.1, 0.15) is 24.9 Å². The summed E-state index contributed by atoms with van der Waals surface area (Å²) in [4.78, 5) is 28.8. The van der Waals surface area contributed by atoms with E-state index in [4.69, 9.17) is 5.73 Å². The summed E-state index contributed by atoms with van der Waals surface area (Å²) in [6, 6.07) is 12.0. The number of anilines is 2. The van der Waals surface area contributed by atoms with Crippen molar-refractivity contribution in [2.24, 2.45) is 5.73 Å². The SMILES string of the molecule is CCN1CCN(c2ccccc2NC(=O)CC(NC(N)=O)c2ccccc2F)CC1. The summed E-state index contributed by atoms with van der Waals surface area (Å²) in [7, 11) is 0. The number of rotatable bonds is 7. The summed E-state index contributed by atoms with van der Waals surface area (Å²) in [5, 5.41) is 5.38. The smallest absolute Gasteiger partial charge is 0.312 e. The fourth-order valence-corrected chi connectivity index (χ4v) is 3.71. The number of benzene rings is 2. The number of carbonyl (C=O) groups excluding carboxylic acids is 2. The number of amides is 3. The van der Waals surface area contributed by atoms with Crippen molar-refractivity contribution in [3.8, 4) is 0 Å². The minimum atomic E-state index is -0.857. The predicted octanol–water partition coefficient (Wildman–Crippen LogP) is 2.71. The fraction of sp³-hybridized carbons (Fsp3) is 0.364. The van der Waals surface area contributed by atoms with E-state index >= 15 is 0 Å². The van der Waals surface area contributed by atoms with Gasteiger partial charge in [-0.15, -0.1) is 0 Å². The second-order valence-corrected chi connectivity index (χ2v) is 7.27. The second kappa shape index (κ2) is 10.1. The first kappa shape index (κ1) is 21.6. The molecule has 7 nitrogen and oxygen atoms in total. The largest absolute Gasteiger partial charge is 0.367 e. The Kier molecular flexibility index (Phi) is 7.24. The maximum Gasteiger partial charge on any atom is 0.312 e. The molecule has 1 aliphatic rings. The molecule has 0 aliphatic carbocycles. The van der Waals surface area contributed by atoms with Crippen molar-refractivity contribution in [2.75, 3.05) is 42.9 Å². The third-order valence-corrected chi connectivity index (χ3v) is 5.32. The molecule has 3 amide bonds. The van der Waals surface area contributed by atoms with E-state index in [9.17, 15) is 14.0 Å². The highest BCUT2D eigenvalue weighted by atomic mass is 19.1. The van der Waals surface area contributed by atoms with Crippen molar-refractivity contribution in [1.82, 2.24) is 10.2 Å². The topological polar surface area (TPSA) is 90.7 Å². The molecule has 2 aromatic carbocycles. The maximum absolute atomic E-state index is 14.2. The number of likely N-dealkylation sites (N-methyl/N-ethyl adjacent to an activating group) is 1. The van der Waals surface area contributed by atoms with Crippen molar-refractivity contribution < 1.29 is 14.0 Å². The van der Waals surface area contributed by atoms with E-state index in [1.807, 2.05) is 24.3 Å². The number of nitrogens with zero attached hydrogens (tertiary/aromatic N) is 2. The zero-order chi connectivity index (χ0) is 21.5. The van der Waals surface area contributed by atoms with Crippen molar-refractivity contribution in [1.29, 1.82) is 0 Å². The third-order valence-electron chi connectivity index (χ3n) is 5.32. The first-order chi connectivity index (χ1) is 14.5. The van der Waals surface area contributed by atoms with Crippen LogP contribution in [0.4, 0.5) is 20.6 Å². The zero-order valence-electron chi connectivity index (χ0n) is 17.1. The number of hydrogen-bond acceptors (Lipinski definition) is 4. The first-order valence-electron chi connectivity index (χ1n) is 10.1. The lowest BCUT2D eigenvalue weighted by Gasteiger charge is -2.36. The van der Waals surface area contributed by atoms with Crippen LogP contribution in [0.3, 0.4) is 0 Å². The van der Waals surface area contributed by atoms with Crippen LogP contribution in [0.2, 0.25) is 0 Å². The number of urea groups is 1. The van der Waals surface area contributed by atoms with Gasteiger partial charge in [0.25, 0.3) is 0 Å². The molecule has 3 rings (SSSR count). The minimum absolute atomic E-state index is 0.137. The van der Waals surface area contributed by atoms with Crippen molar-refractivity contribution in [3.05, 3.63) is 59.9 Å². The third kappa shape index (κ3) is 5.48. The van der Waals surface area contributed by atoms with Crippen LogP contribution < -0.4 is 21.3 Å². The monoisotopic (exact) mass is 413 g/mol. The maximum atomic E-state index is 14.2. The van der Waals surface area contributed by atoms with Gasteiger partial charge in [-0.3, -0.25) is 4.79 Å². The quantitative estimate of drug-likeness (QED) is 0.651. The summed E-state index contributed by atoms with van der Waals surface area (Å²) in [5.74, 6) is -0.838. The zero-order valence-corrected chi connectivity index (χ0v) is 17.1. The Morgan fingerprint density at radius 3 is 2.40 bits per heavy atom. The van der Waals surface area contributed by atoms with Crippen molar-refractivity contribution in [2.45, 2.75) is 19.4 Å². The molecule has 1 unspecified atom stereocenters. The van der Waals surface area contributed by atoms with E-state index in [2.05, 4.69) is 27.4 Å². The number of nitrogens with one attached hydrogen (secondary N) is 2. The molecule has 2 aromatic rings. The fourth-order valence-electron chi connectivity index (χ4n) is 3.71. The number of carbonyl (C=O) groups is 2. The van der Waals surface area contributed by atoms with Gasteiger partial charge in [0.1, 0.15) is 5.82 Å². The average molecular weight is 413 g/mol. The molecule has 30 heavy (non-hydrogen) atoms. The number of nitrogens with two attached hydrogens (primary N) is 1. The van der Waals surface area contributed by atoms with Gasteiger partial charge >= 0.3 is 6.03 Å². The molecule has 1 atom stereocenters. The van der Waals surface area contributed by atoms with Crippen LogP contribution in [0.5, 0.6) is 0 Å². The Morgan fingerprint density at radius 1 is 1.07 bits per heavy atom. The van der Waals surface area contributed by atoms with Crippen LogP contribution >= 0.6 is 0 Å². The number of halogens is 1. The molecule has 1 fully saturated rings. The molecule has 8 heteroatoms. The molecule has 0 aromatic heterocycles. The normalized spacial score (nSPS) is 15.5. The standard InChI is InChI=1S/C22H28FN5O2/c1-2-27-11-13-28(14-12-27)20-10-6-5-9-18(20)25-21(29)15-19(26-22(24)30)16-7-3-4-8-17(16)23/h3-10,19H,2,11-15H2,1H3,(H,25,29)(H3,24,26,30). The van der Waals surface area contributed by atoms with E-state index in [-0.39, 0.29) is 17.9 Å². The van der Waals surface area contributed by atoms with E-state index < -0.39 is 17.9 Å². The highest BCUT2D eigenvalue weighted by Crippen LogP contribution is 2.28. The Hall–Kier alpha value is -3.13. The Bertz CT molecular complexity index is 883. The van der Waals surface area contributed by atoms with Gasteiger partial charge < -0.3 is 26.2 Å². The van der Waals surface area contributed by atoms with Gasteiger partial charge in [-0.05, 0) is 24.7 Å². The van der Waals surface area contributed by atoms with E-state index in [0.29, 0.717) is 5.69 Å². The molecule has 0 spiro atoms. The van der Waals surface area contributed by atoms with E-state index in [1.165, 1.54) is 12.1 Å². The highest BCUT2D eigenvalue weighted by molar-refractivity contribution is 5.95.